The van der Waals surface area contributed by atoms with Gasteiger partial charge in [-0.05, 0) is 46.6 Å². The summed E-state index contributed by atoms with van der Waals surface area (Å²) in [4.78, 5) is 2.38. The largest absolute Gasteiger partial charge is 0.377 e. The summed E-state index contributed by atoms with van der Waals surface area (Å²) in [5, 5.41) is 8.97. The average Bonchev–Trinajstić information content (AvgIpc) is 2.28. The van der Waals surface area contributed by atoms with Crippen molar-refractivity contribution in [3.05, 3.63) is 0 Å². The Bertz CT molecular complexity index is 298. The molecule has 0 bridgehead atoms. The summed E-state index contributed by atoms with van der Waals surface area (Å²) in [5.41, 5.74) is 5.12. The second kappa shape index (κ2) is 5.34. The second-order valence-electron chi connectivity index (χ2n) is 5.81. The fraction of sp³-hybridized carbons (Fsp3) is 0.923. The number of piperidine rings is 1. The van der Waals surface area contributed by atoms with Crippen molar-refractivity contribution in [2.75, 3.05) is 20.2 Å². The molecule has 1 heterocycles. The molecule has 1 saturated heterocycles. The summed E-state index contributed by atoms with van der Waals surface area (Å²) < 4.78 is 5.58. The first-order valence-corrected chi connectivity index (χ1v) is 6.31. The maximum atomic E-state index is 8.97. The van der Waals surface area contributed by atoms with Crippen LogP contribution in [-0.4, -0.2) is 42.3 Å². The van der Waals surface area contributed by atoms with E-state index in [9.17, 15) is 0 Å². The van der Waals surface area contributed by atoms with E-state index in [4.69, 9.17) is 15.7 Å². The predicted octanol–water partition coefficient (Wildman–Crippen LogP) is 1.51. The topological polar surface area (TPSA) is 62.3 Å². The highest BCUT2D eigenvalue weighted by atomic mass is 16.5. The van der Waals surface area contributed by atoms with Gasteiger partial charge in [0, 0.05) is 19.7 Å². The lowest BCUT2D eigenvalue weighted by Gasteiger charge is -2.43. The van der Waals surface area contributed by atoms with E-state index in [1.807, 2.05) is 0 Å². The van der Waals surface area contributed by atoms with Crippen LogP contribution >= 0.6 is 0 Å². The molecule has 0 aromatic rings. The van der Waals surface area contributed by atoms with Crippen LogP contribution in [0.2, 0.25) is 0 Å². The fourth-order valence-corrected chi connectivity index (χ4v) is 2.58. The zero-order chi connectivity index (χ0) is 13.1. The maximum absolute atomic E-state index is 8.97. The summed E-state index contributed by atoms with van der Waals surface area (Å²) >= 11 is 0. The van der Waals surface area contributed by atoms with Crippen molar-refractivity contribution >= 4 is 0 Å². The van der Waals surface area contributed by atoms with Gasteiger partial charge >= 0.3 is 0 Å². The number of likely N-dealkylation sites (tertiary alicyclic amines) is 1. The van der Waals surface area contributed by atoms with Gasteiger partial charge in [-0.25, -0.2) is 0 Å². The number of nitriles is 1. The molecular formula is C13H25N3O. The molecule has 98 valence electrons. The van der Waals surface area contributed by atoms with Gasteiger partial charge in [0.2, 0.25) is 0 Å². The van der Waals surface area contributed by atoms with Crippen LogP contribution in [0.4, 0.5) is 0 Å². The summed E-state index contributed by atoms with van der Waals surface area (Å²) in [5.74, 6) is 0. The van der Waals surface area contributed by atoms with Gasteiger partial charge in [-0.15, -0.1) is 0 Å². The van der Waals surface area contributed by atoms with Crippen LogP contribution in [0.3, 0.4) is 0 Å². The monoisotopic (exact) mass is 239 g/mol. The van der Waals surface area contributed by atoms with Crippen LogP contribution in [0.25, 0.3) is 0 Å². The molecule has 2 N–H and O–H groups in total. The SMILES string of the molecule is COC1(C)CCCN(C(C)CC(C)(N)C#N)C1. The molecule has 3 atom stereocenters. The van der Waals surface area contributed by atoms with Crippen LogP contribution in [0.1, 0.15) is 40.0 Å². The quantitative estimate of drug-likeness (QED) is 0.807. The lowest BCUT2D eigenvalue weighted by molar-refractivity contribution is -0.0611. The number of nitrogens with two attached hydrogens (primary N) is 1. The van der Waals surface area contributed by atoms with Crippen molar-refractivity contribution in [2.24, 2.45) is 5.73 Å². The molecule has 4 nitrogen and oxygen atoms in total. The Morgan fingerprint density at radius 2 is 2.29 bits per heavy atom. The Labute approximate surface area is 105 Å². The molecular weight excluding hydrogens is 214 g/mol. The Balaban J connectivity index is 2.59. The molecule has 3 unspecified atom stereocenters. The van der Waals surface area contributed by atoms with E-state index in [1.165, 1.54) is 0 Å². The molecule has 0 amide bonds. The van der Waals surface area contributed by atoms with Gasteiger partial charge in [-0.3, -0.25) is 4.90 Å². The van der Waals surface area contributed by atoms with Gasteiger partial charge in [0.05, 0.1) is 11.7 Å². The highest BCUT2D eigenvalue weighted by molar-refractivity contribution is 5.03. The number of rotatable bonds is 4. The number of methoxy groups -OCH3 is 1. The summed E-state index contributed by atoms with van der Waals surface area (Å²) in [6, 6.07) is 2.48. The lowest BCUT2D eigenvalue weighted by atomic mass is 9.90. The molecule has 0 saturated carbocycles. The first-order chi connectivity index (χ1) is 7.82. The first-order valence-electron chi connectivity index (χ1n) is 6.31. The van der Waals surface area contributed by atoms with Gasteiger partial charge in [0.15, 0.2) is 0 Å². The first kappa shape index (κ1) is 14.4. The van der Waals surface area contributed by atoms with Crippen LogP contribution in [0, 0.1) is 11.3 Å². The van der Waals surface area contributed by atoms with Gasteiger partial charge in [0.25, 0.3) is 0 Å². The number of ether oxygens (including phenoxy) is 1. The highest BCUT2D eigenvalue weighted by Crippen LogP contribution is 2.26. The van der Waals surface area contributed by atoms with E-state index in [1.54, 1.807) is 14.0 Å². The third-order valence-corrected chi connectivity index (χ3v) is 3.78. The molecule has 0 aromatic heterocycles. The Morgan fingerprint density at radius 3 is 2.82 bits per heavy atom. The van der Waals surface area contributed by atoms with Crippen LogP contribution in [-0.2, 0) is 4.74 Å². The Morgan fingerprint density at radius 1 is 1.65 bits per heavy atom. The highest BCUT2D eigenvalue weighted by Gasteiger charge is 2.34. The smallest absolute Gasteiger partial charge is 0.102 e. The van der Waals surface area contributed by atoms with Crippen molar-refractivity contribution in [1.82, 2.24) is 4.90 Å². The van der Waals surface area contributed by atoms with Crippen molar-refractivity contribution in [3.8, 4) is 6.07 Å². The van der Waals surface area contributed by atoms with Crippen molar-refractivity contribution in [2.45, 2.75) is 57.2 Å². The van der Waals surface area contributed by atoms with E-state index >= 15 is 0 Å². The van der Waals surface area contributed by atoms with E-state index in [0.29, 0.717) is 12.5 Å². The van der Waals surface area contributed by atoms with Gasteiger partial charge in [-0.1, -0.05) is 0 Å². The molecule has 0 spiro atoms. The molecule has 1 rings (SSSR count). The third kappa shape index (κ3) is 3.95. The van der Waals surface area contributed by atoms with E-state index in [0.717, 1.165) is 25.9 Å². The Kier molecular flexibility index (Phi) is 4.54. The zero-order valence-electron chi connectivity index (χ0n) is 11.5. The fourth-order valence-electron chi connectivity index (χ4n) is 2.58. The minimum atomic E-state index is -0.736. The van der Waals surface area contributed by atoms with Crippen LogP contribution in [0.15, 0.2) is 0 Å². The van der Waals surface area contributed by atoms with Crippen LogP contribution < -0.4 is 5.73 Å². The van der Waals surface area contributed by atoms with E-state index in [2.05, 4.69) is 24.8 Å². The third-order valence-electron chi connectivity index (χ3n) is 3.78. The maximum Gasteiger partial charge on any atom is 0.102 e. The summed E-state index contributed by atoms with van der Waals surface area (Å²) in [7, 11) is 1.77. The summed E-state index contributed by atoms with van der Waals surface area (Å²) in [6.45, 7) is 8.08. The Hall–Kier alpha value is -0.630. The molecule has 17 heavy (non-hydrogen) atoms. The van der Waals surface area contributed by atoms with Crippen molar-refractivity contribution < 1.29 is 4.74 Å². The normalized spacial score (nSPS) is 31.5. The summed E-state index contributed by atoms with van der Waals surface area (Å²) in [6.07, 6.45) is 2.94. The number of nitrogens with zero attached hydrogens (tertiary/aromatic N) is 2. The van der Waals surface area contributed by atoms with E-state index < -0.39 is 5.54 Å². The zero-order valence-corrected chi connectivity index (χ0v) is 11.5. The minimum Gasteiger partial charge on any atom is -0.377 e. The lowest BCUT2D eigenvalue weighted by Crippen LogP contribution is -2.52. The molecule has 1 aliphatic heterocycles. The molecule has 1 aliphatic rings. The molecule has 0 radical (unpaired) electrons. The number of hydrogen-bond donors (Lipinski definition) is 1. The predicted molar refractivity (Wildman–Crippen MR) is 68.5 cm³/mol. The van der Waals surface area contributed by atoms with Crippen LogP contribution in [0.5, 0.6) is 0 Å². The second-order valence-corrected chi connectivity index (χ2v) is 5.81. The molecule has 4 heteroatoms. The van der Waals surface area contributed by atoms with Gasteiger partial charge < -0.3 is 10.5 Å². The van der Waals surface area contributed by atoms with Gasteiger partial charge in [0.1, 0.15) is 5.54 Å². The molecule has 0 aromatic carbocycles. The minimum absolute atomic E-state index is 0.0514. The molecule has 0 aliphatic carbocycles. The van der Waals surface area contributed by atoms with Gasteiger partial charge in [-0.2, -0.15) is 5.26 Å². The standard InChI is InChI=1S/C13H25N3O/c1-11(8-12(2,15)9-14)16-7-5-6-13(3,10-16)17-4/h11H,5-8,10,15H2,1-4H3. The average molecular weight is 239 g/mol. The van der Waals surface area contributed by atoms with E-state index in [-0.39, 0.29) is 5.60 Å². The molecule has 1 fully saturated rings. The van der Waals surface area contributed by atoms with Crippen molar-refractivity contribution in [1.29, 1.82) is 5.26 Å². The number of hydrogen-bond acceptors (Lipinski definition) is 4. The van der Waals surface area contributed by atoms with Crippen molar-refractivity contribution in [3.63, 3.8) is 0 Å².